The molecule has 2 heterocycles. The Kier molecular flexibility index (Phi) is 8.12. The van der Waals surface area contributed by atoms with Gasteiger partial charge in [-0.2, -0.15) is 0 Å². The van der Waals surface area contributed by atoms with Gasteiger partial charge in [0.25, 0.3) is 5.91 Å². The highest BCUT2D eigenvalue weighted by Crippen LogP contribution is 2.34. The maximum absolute atomic E-state index is 13.3. The molecule has 0 aromatic heterocycles. The molecule has 7 nitrogen and oxygen atoms in total. The van der Waals surface area contributed by atoms with Crippen LogP contribution in [0, 0.1) is 0 Å². The summed E-state index contributed by atoms with van der Waals surface area (Å²) in [5.41, 5.74) is 1.64. The van der Waals surface area contributed by atoms with Gasteiger partial charge in [-0.15, -0.1) is 0 Å². The normalized spacial score (nSPS) is 18.9. The highest BCUT2D eigenvalue weighted by Gasteiger charge is 2.34. The number of rotatable bonds is 7. The average Bonchev–Trinajstić information content (AvgIpc) is 3.37. The Hall–Kier alpha value is -3.20. The van der Waals surface area contributed by atoms with Gasteiger partial charge in [0.05, 0.1) is 6.54 Å². The summed E-state index contributed by atoms with van der Waals surface area (Å²) >= 11 is 7.66. The van der Waals surface area contributed by atoms with Crippen LogP contribution in [0.1, 0.15) is 29.8 Å². The number of carbonyl (C=O) groups excluding carboxylic acids is 2. The standard InChI is InChI=1S/C29H30ClN3O4S/c1-19-15-32(16-20(2)33(19)29(35)21-7-12-25-26(13-21)37-18-36-25)17-28(34)31-14-22-5-3-4-6-27(22)38-24-10-8-23(30)9-11-24/h3-13,19-20H,14-18H2,1-2H3,(H,31,34). The molecule has 3 aromatic rings. The summed E-state index contributed by atoms with van der Waals surface area (Å²) in [6, 6.07) is 21.0. The fourth-order valence-corrected chi connectivity index (χ4v) is 6.04. The lowest BCUT2D eigenvalue weighted by Crippen LogP contribution is -2.59. The van der Waals surface area contributed by atoms with Crippen LogP contribution in [0.25, 0.3) is 0 Å². The molecular weight excluding hydrogens is 522 g/mol. The molecule has 1 N–H and O–H groups in total. The number of hydrogen-bond donors (Lipinski definition) is 1. The van der Waals surface area contributed by atoms with Gasteiger partial charge in [0, 0.05) is 52.1 Å². The Bertz CT molecular complexity index is 1310. The maximum Gasteiger partial charge on any atom is 0.254 e. The van der Waals surface area contributed by atoms with Gasteiger partial charge in [0.1, 0.15) is 0 Å². The van der Waals surface area contributed by atoms with Crippen LogP contribution < -0.4 is 14.8 Å². The number of benzene rings is 3. The van der Waals surface area contributed by atoms with E-state index in [0.29, 0.717) is 41.7 Å². The van der Waals surface area contributed by atoms with Crippen LogP contribution in [-0.4, -0.2) is 60.1 Å². The van der Waals surface area contributed by atoms with E-state index in [1.165, 1.54) is 0 Å². The number of carbonyl (C=O) groups is 2. The zero-order valence-electron chi connectivity index (χ0n) is 21.4. The van der Waals surface area contributed by atoms with E-state index in [2.05, 4.69) is 16.3 Å². The smallest absolute Gasteiger partial charge is 0.254 e. The molecule has 2 amide bonds. The first-order chi connectivity index (χ1) is 18.4. The van der Waals surface area contributed by atoms with Gasteiger partial charge in [0.2, 0.25) is 12.7 Å². The van der Waals surface area contributed by atoms with E-state index in [1.807, 2.05) is 61.2 Å². The van der Waals surface area contributed by atoms with Crippen LogP contribution in [0.3, 0.4) is 0 Å². The van der Waals surface area contributed by atoms with Crippen molar-refractivity contribution in [3.63, 3.8) is 0 Å². The summed E-state index contributed by atoms with van der Waals surface area (Å²) in [5, 5.41) is 3.78. The van der Waals surface area contributed by atoms with E-state index in [-0.39, 0.29) is 37.2 Å². The Labute approximate surface area is 232 Å². The van der Waals surface area contributed by atoms with E-state index < -0.39 is 0 Å². The number of nitrogens with one attached hydrogen (secondary N) is 1. The van der Waals surface area contributed by atoms with E-state index in [4.69, 9.17) is 21.1 Å². The number of fused-ring (bicyclic) bond motifs is 1. The minimum atomic E-state index is -0.0408. The van der Waals surface area contributed by atoms with Crippen LogP contribution in [0.15, 0.2) is 76.5 Å². The molecule has 0 radical (unpaired) electrons. The quantitative estimate of drug-likeness (QED) is 0.442. The minimum Gasteiger partial charge on any atom is -0.454 e. The second kappa shape index (κ2) is 11.7. The molecule has 2 aliphatic heterocycles. The van der Waals surface area contributed by atoms with Crippen molar-refractivity contribution in [1.29, 1.82) is 0 Å². The van der Waals surface area contributed by atoms with Crippen LogP contribution in [0.5, 0.6) is 11.5 Å². The third kappa shape index (κ3) is 6.09. The SMILES string of the molecule is CC1CN(CC(=O)NCc2ccccc2Sc2ccc(Cl)cc2)CC(C)N1C(=O)c1ccc2c(c1)OCO2. The predicted molar refractivity (Wildman–Crippen MR) is 148 cm³/mol. The van der Waals surface area contributed by atoms with Crippen molar-refractivity contribution >= 4 is 35.2 Å². The minimum absolute atomic E-state index is 0.0359. The van der Waals surface area contributed by atoms with Crippen molar-refractivity contribution in [2.45, 2.75) is 42.3 Å². The van der Waals surface area contributed by atoms with Crippen LogP contribution in [-0.2, 0) is 11.3 Å². The molecule has 3 aromatic carbocycles. The molecule has 0 spiro atoms. The van der Waals surface area contributed by atoms with Gasteiger partial charge in [-0.3, -0.25) is 14.5 Å². The Balaban J connectivity index is 1.15. The first-order valence-corrected chi connectivity index (χ1v) is 13.8. The summed E-state index contributed by atoms with van der Waals surface area (Å²) in [7, 11) is 0. The van der Waals surface area contributed by atoms with Crippen LogP contribution in [0.2, 0.25) is 5.02 Å². The van der Waals surface area contributed by atoms with Gasteiger partial charge in [-0.05, 0) is 67.9 Å². The molecule has 0 saturated carbocycles. The number of nitrogens with zero attached hydrogens (tertiary/aromatic N) is 2. The van der Waals surface area contributed by atoms with Gasteiger partial charge >= 0.3 is 0 Å². The van der Waals surface area contributed by atoms with Gasteiger partial charge < -0.3 is 19.7 Å². The molecule has 5 rings (SSSR count). The Morgan fingerprint density at radius 3 is 2.45 bits per heavy atom. The number of ether oxygens (including phenoxy) is 2. The molecule has 9 heteroatoms. The van der Waals surface area contributed by atoms with Crippen molar-refractivity contribution in [2.75, 3.05) is 26.4 Å². The molecule has 1 saturated heterocycles. The Morgan fingerprint density at radius 2 is 1.68 bits per heavy atom. The van der Waals surface area contributed by atoms with Gasteiger partial charge in [-0.1, -0.05) is 41.6 Å². The van der Waals surface area contributed by atoms with E-state index in [9.17, 15) is 9.59 Å². The summed E-state index contributed by atoms with van der Waals surface area (Å²) in [4.78, 5) is 32.4. The molecule has 198 valence electrons. The van der Waals surface area contributed by atoms with Crippen molar-refractivity contribution in [3.05, 3.63) is 82.9 Å². The molecule has 2 aliphatic rings. The molecule has 38 heavy (non-hydrogen) atoms. The summed E-state index contributed by atoms with van der Waals surface area (Å²) in [6.07, 6.45) is 0. The summed E-state index contributed by atoms with van der Waals surface area (Å²) in [6.45, 7) is 6.20. The van der Waals surface area contributed by atoms with Crippen molar-refractivity contribution < 1.29 is 19.1 Å². The first kappa shape index (κ1) is 26.4. The summed E-state index contributed by atoms with van der Waals surface area (Å²) < 4.78 is 10.8. The number of amides is 2. The van der Waals surface area contributed by atoms with E-state index >= 15 is 0 Å². The van der Waals surface area contributed by atoms with Crippen molar-refractivity contribution in [1.82, 2.24) is 15.1 Å². The van der Waals surface area contributed by atoms with Gasteiger partial charge in [-0.25, -0.2) is 0 Å². The molecule has 2 unspecified atom stereocenters. The third-order valence-electron chi connectivity index (χ3n) is 6.71. The number of halogens is 1. The Morgan fingerprint density at radius 1 is 0.974 bits per heavy atom. The maximum atomic E-state index is 13.3. The predicted octanol–water partition coefficient (Wildman–Crippen LogP) is 5.07. The zero-order valence-corrected chi connectivity index (χ0v) is 22.9. The second-order valence-corrected chi connectivity index (χ2v) is 11.2. The highest BCUT2D eigenvalue weighted by molar-refractivity contribution is 7.99. The number of hydrogen-bond acceptors (Lipinski definition) is 6. The summed E-state index contributed by atoms with van der Waals surface area (Å²) in [5.74, 6) is 1.18. The van der Waals surface area contributed by atoms with E-state index in [0.717, 1.165) is 15.4 Å². The largest absolute Gasteiger partial charge is 0.454 e. The molecule has 1 fully saturated rings. The molecular formula is C29H30ClN3O4S. The number of piperazine rings is 1. The van der Waals surface area contributed by atoms with Crippen LogP contribution >= 0.6 is 23.4 Å². The molecule has 0 bridgehead atoms. The molecule has 2 atom stereocenters. The monoisotopic (exact) mass is 551 g/mol. The first-order valence-electron chi connectivity index (χ1n) is 12.6. The van der Waals surface area contributed by atoms with E-state index in [1.54, 1.807) is 30.0 Å². The van der Waals surface area contributed by atoms with Crippen LogP contribution in [0.4, 0.5) is 0 Å². The van der Waals surface area contributed by atoms with Crippen molar-refractivity contribution in [3.8, 4) is 11.5 Å². The topological polar surface area (TPSA) is 71.1 Å². The zero-order chi connectivity index (χ0) is 26.6. The lowest BCUT2D eigenvalue weighted by atomic mass is 10.0. The fourth-order valence-electron chi connectivity index (χ4n) is 4.97. The van der Waals surface area contributed by atoms with Gasteiger partial charge in [0.15, 0.2) is 11.5 Å². The third-order valence-corrected chi connectivity index (χ3v) is 8.08. The second-order valence-electron chi connectivity index (χ2n) is 9.61. The average molecular weight is 552 g/mol. The lowest BCUT2D eigenvalue weighted by molar-refractivity contribution is -0.123. The molecule has 0 aliphatic carbocycles. The fraction of sp³-hybridized carbons (Fsp3) is 0.310. The lowest BCUT2D eigenvalue weighted by Gasteiger charge is -2.44. The highest BCUT2D eigenvalue weighted by atomic mass is 35.5. The van der Waals surface area contributed by atoms with Crippen molar-refractivity contribution in [2.24, 2.45) is 0 Å².